The fourth-order valence-corrected chi connectivity index (χ4v) is 1.96. The van der Waals surface area contributed by atoms with Crippen LogP contribution in [0.4, 0.5) is 4.39 Å². The number of thioether (sulfide) groups is 1. The summed E-state index contributed by atoms with van der Waals surface area (Å²) in [5, 5.41) is 9.26. The second-order valence-corrected chi connectivity index (χ2v) is 4.34. The molecule has 0 spiro atoms. The monoisotopic (exact) mass is 230 g/mol. The summed E-state index contributed by atoms with van der Waals surface area (Å²) < 4.78 is 18.3. The van der Waals surface area contributed by atoms with Crippen LogP contribution in [0.5, 0.6) is 0 Å². The van der Waals surface area contributed by atoms with Crippen LogP contribution in [0, 0.1) is 5.82 Å². The quantitative estimate of drug-likeness (QED) is 0.623. The standard InChI is InChI=1S/C11H15FO2S/c1-8(13)9-3-4-11(10(12)7-9)15-6-5-14-2/h3-4,7-8,13H,5-6H2,1-2H3. The third-order valence-corrected chi connectivity index (χ3v) is 3.00. The number of rotatable bonds is 5. The van der Waals surface area contributed by atoms with Gasteiger partial charge in [0.25, 0.3) is 0 Å². The molecule has 0 bridgehead atoms. The van der Waals surface area contributed by atoms with Crippen LogP contribution in [0.3, 0.4) is 0 Å². The van der Waals surface area contributed by atoms with E-state index in [9.17, 15) is 9.50 Å². The van der Waals surface area contributed by atoms with Gasteiger partial charge in [-0.25, -0.2) is 4.39 Å². The van der Waals surface area contributed by atoms with E-state index in [1.54, 1.807) is 26.2 Å². The highest BCUT2D eigenvalue weighted by Gasteiger charge is 2.06. The van der Waals surface area contributed by atoms with Crippen molar-refractivity contribution >= 4 is 11.8 Å². The first-order valence-electron chi connectivity index (χ1n) is 4.74. The minimum Gasteiger partial charge on any atom is -0.389 e. The maximum atomic E-state index is 13.5. The van der Waals surface area contributed by atoms with Gasteiger partial charge in [0, 0.05) is 17.8 Å². The molecule has 4 heteroatoms. The molecule has 0 radical (unpaired) electrons. The van der Waals surface area contributed by atoms with Crippen LogP contribution >= 0.6 is 11.8 Å². The van der Waals surface area contributed by atoms with Crippen molar-refractivity contribution in [2.75, 3.05) is 19.5 Å². The molecular weight excluding hydrogens is 215 g/mol. The molecule has 1 aromatic rings. The van der Waals surface area contributed by atoms with Crippen molar-refractivity contribution in [3.05, 3.63) is 29.6 Å². The predicted molar refractivity (Wildman–Crippen MR) is 59.6 cm³/mol. The highest BCUT2D eigenvalue weighted by atomic mass is 32.2. The molecule has 15 heavy (non-hydrogen) atoms. The zero-order valence-corrected chi connectivity index (χ0v) is 9.68. The van der Waals surface area contributed by atoms with E-state index in [0.29, 0.717) is 17.1 Å². The largest absolute Gasteiger partial charge is 0.389 e. The number of hydrogen-bond acceptors (Lipinski definition) is 3. The van der Waals surface area contributed by atoms with Gasteiger partial charge in [0.05, 0.1) is 12.7 Å². The molecular formula is C11H15FO2S. The van der Waals surface area contributed by atoms with Crippen LogP contribution in [0.1, 0.15) is 18.6 Å². The van der Waals surface area contributed by atoms with Gasteiger partial charge in [-0.1, -0.05) is 6.07 Å². The van der Waals surface area contributed by atoms with Crippen molar-refractivity contribution in [3.8, 4) is 0 Å². The van der Waals surface area contributed by atoms with Gasteiger partial charge in [0.1, 0.15) is 5.82 Å². The summed E-state index contributed by atoms with van der Waals surface area (Å²) in [4.78, 5) is 0.594. The highest BCUT2D eigenvalue weighted by Crippen LogP contribution is 2.24. The van der Waals surface area contributed by atoms with Crippen LogP contribution in [0.25, 0.3) is 0 Å². The molecule has 0 saturated heterocycles. The zero-order valence-electron chi connectivity index (χ0n) is 8.87. The van der Waals surface area contributed by atoms with E-state index in [-0.39, 0.29) is 5.82 Å². The van der Waals surface area contributed by atoms with Gasteiger partial charge < -0.3 is 9.84 Å². The molecule has 1 N–H and O–H groups in total. The van der Waals surface area contributed by atoms with E-state index in [1.807, 2.05) is 0 Å². The van der Waals surface area contributed by atoms with Crippen LogP contribution in [-0.4, -0.2) is 24.6 Å². The SMILES string of the molecule is COCCSc1ccc(C(C)O)cc1F. The van der Waals surface area contributed by atoms with Crippen LogP contribution in [0.15, 0.2) is 23.1 Å². The molecule has 0 aliphatic rings. The molecule has 1 aromatic carbocycles. The van der Waals surface area contributed by atoms with Crippen molar-refractivity contribution in [1.29, 1.82) is 0 Å². The first-order chi connectivity index (χ1) is 7.15. The molecule has 0 fully saturated rings. The molecule has 1 unspecified atom stereocenters. The topological polar surface area (TPSA) is 29.5 Å². The Balaban J connectivity index is 2.66. The first-order valence-corrected chi connectivity index (χ1v) is 5.73. The van der Waals surface area contributed by atoms with Gasteiger partial charge in [-0.15, -0.1) is 11.8 Å². The van der Waals surface area contributed by atoms with Gasteiger partial charge in [-0.3, -0.25) is 0 Å². The Morgan fingerprint density at radius 2 is 2.27 bits per heavy atom. The minimum atomic E-state index is -0.627. The number of hydrogen-bond donors (Lipinski definition) is 1. The van der Waals surface area contributed by atoms with E-state index in [0.717, 1.165) is 5.75 Å². The molecule has 84 valence electrons. The second kappa shape index (κ2) is 6.10. The third-order valence-electron chi connectivity index (χ3n) is 1.98. The zero-order chi connectivity index (χ0) is 11.3. The lowest BCUT2D eigenvalue weighted by atomic mass is 10.1. The Bertz CT molecular complexity index is 315. The maximum Gasteiger partial charge on any atom is 0.137 e. The van der Waals surface area contributed by atoms with Gasteiger partial charge in [0.15, 0.2) is 0 Å². The van der Waals surface area contributed by atoms with Crippen LogP contribution in [0.2, 0.25) is 0 Å². The van der Waals surface area contributed by atoms with E-state index in [4.69, 9.17) is 4.74 Å². The lowest BCUT2D eigenvalue weighted by Gasteiger charge is -2.07. The molecule has 0 amide bonds. The first kappa shape index (κ1) is 12.5. The Morgan fingerprint density at radius 3 is 2.80 bits per heavy atom. The van der Waals surface area contributed by atoms with Crippen molar-refractivity contribution in [2.45, 2.75) is 17.9 Å². The molecule has 2 nitrogen and oxygen atoms in total. The van der Waals surface area contributed by atoms with E-state index in [2.05, 4.69) is 0 Å². The fraction of sp³-hybridized carbons (Fsp3) is 0.455. The number of halogens is 1. The van der Waals surface area contributed by atoms with Gasteiger partial charge in [-0.05, 0) is 24.6 Å². The minimum absolute atomic E-state index is 0.283. The summed E-state index contributed by atoms with van der Waals surface area (Å²) in [5.41, 5.74) is 0.601. The number of methoxy groups -OCH3 is 1. The third kappa shape index (κ3) is 3.81. The predicted octanol–water partition coefficient (Wildman–Crippen LogP) is 2.62. The number of benzene rings is 1. The summed E-state index contributed by atoms with van der Waals surface area (Å²) in [6, 6.07) is 4.81. The molecule has 1 atom stereocenters. The molecule has 1 rings (SSSR count). The van der Waals surface area contributed by atoms with E-state index in [1.165, 1.54) is 17.8 Å². The Morgan fingerprint density at radius 1 is 1.53 bits per heavy atom. The summed E-state index contributed by atoms with van der Waals surface area (Å²) >= 11 is 1.41. The number of aliphatic hydroxyl groups is 1. The van der Waals surface area contributed by atoms with Gasteiger partial charge >= 0.3 is 0 Å². The van der Waals surface area contributed by atoms with Crippen LogP contribution in [-0.2, 0) is 4.74 Å². The van der Waals surface area contributed by atoms with Crippen molar-refractivity contribution in [3.63, 3.8) is 0 Å². The Labute approximate surface area is 93.5 Å². The second-order valence-electron chi connectivity index (χ2n) is 3.21. The Hall–Kier alpha value is -0.580. The lowest BCUT2D eigenvalue weighted by molar-refractivity contribution is 0.198. The smallest absolute Gasteiger partial charge is 0.137 e. The lowest BCUT2D eigenvalue weighted by Crippen LogP contribution is -1.95. The summed E-state index contributed by atoms with van der Waals surface area (Å²) in [5.74, 6) is 0.441. The number of aliphatic hydroxyl groups excluding tert-OH is 1. The highest BCUT2D eigenvalue weighted by molar-refractivity contribution is 7.99. The molecule has 0 aliphatic heterocycles. The average Bonchev–Trinajstić information content (AvgIpc) is 2.20. The maximum absolute atomic E-state index is 13.5. The van der Waals surface area contributed by atoms with Crippen LogP contribution < -0.4 is 0 Å². The van der Waals surface area contributed by atoms with Gasteiger partial charge in [-0.2, -0.15) is 0 Å². The summed E-state index contributed by atoms with van der Waals surface area (Å²) in [7, 11) is 1.62. The molecule has 0 saturated carbocycles. The molecule has 0 aromatic heterocycles. The molecule has 0 aliphatic carbocycles. The van der Waals surface area contributed by atoms with Crippen molar-refractivity contribution < 1.29 is 14.2 Å². The average molecular weight is 230 g/mol. The summed E-state index contributed by atoms with van der Waals surface area (Å²) in [6.45, 7) is 2.22. The number of ether oxygens (including phenoxy) is 1. The van der Waals surface area contributed by atoms with Crippen molar-refractivity contribution in [2.24, 2.45) is 0 Å². The van der Waals surface area contributed by atoms with E-state index < -0.39 is 6.10 Å². The van der Waals surface area contributed by atoms with Gasteiger partial charge in [0.2, 0.25) is 0 Å². The normalized spacial score (nSPS) is 12.8. The van der Waals surface area contributed by atoms with E-state index >= 15 is 0 Å². The molecule has 0 heterocycles. The summed E-state index contributed by atoms with van der Waals surface area (Å²) in [6.07, 6.45) is -0.627. The van der Waals surface area contributed by atoms with Crippen molar-refractivity contribution in [1.82, 2.24) is 0 Å². The Kier molecular flexibility index (Phi) is 5.08. The fourth-order valence-electron chi connectivity index (χ4n) is 1.13.